The van der Waals surface area contributed by atoms with Crippen LogP contribution >= 0.6 is 0 Å². The van der Waals surface area contributed by atoms with E-state index in [0.717, 1.165) is 23.7 Å². The van der Waals surface area contributed by atoms with Crippen molar-refractivity contribution in [3.05, 3.63) is 0 Å². The molecular formula is C31H46. The standard InChI is InChI=1S/C31H46/c1-15-17-18-16(2)28-23(10)20(5,6)25(28,12)26(13)24(11)19(3,4)22(15,9)30(17)27(24,14)31(26,28)29(18,30)21(23,7)8/h15-18H,1-14H3. The first-order valence-electron chi connectivity index (χ1n) is 13.8. The summed E-state index contributed by atoms with van der Waals surface area (Å²) in [5.74, 6) is 3.83. The molecule has 170 valence electrons. The highest BCUT2D eigenvalue weighted by molar-refractivity contribution is 5.78. The first-order chi connectivity index (χ1) is 13.8. The number of fused-ring (bicyclic) bond motifs is 3. The van der Waals surface area contributed by atoms with E-state index in [-0.39, 0.29) is 0 Å². The molecule has 0 saturated heterocycles. The average molecular weight is 419 g/mol. The minimum absolute atomic E-state index is 0.404. The zero-order valence-corrected chi connectivity index (χ0v) is 22.8. The quantitative estimate of drug-likeness (QED) is 0.378. The molecule has 0 nitrogen and oxygen atoms in total. The molecule has 0 heteroatoms. The summed E-state index contributed by atoms with van der Waals surface area (Å²) in [6, 6.07) is 0. The molecule has 0 aromatic rings. The van der Waals surface area contributed by atoms with Crippen LogP contribution in [0.3, 0.4) is 0 Å². The highest BCUT2D eigenvalue weighted by Gasteiger charge is 3.33. The Morgan fingerprint density at radius 3 is 1.45 bits per heavy atom. The van der Waals surface area contributed by atoms with Crippen LogP contribution in [0, 0.1) is 94.1 Å². The van der Waals surface area contributed by atoms with Gasteiger partial charge >= 0.3 is 0 Å². The monoisotopic (exact) mass is 418 g/mol. The fourth-order valence-corrected chi connectivity index (χ4v) is 21.6. The van der Waals surface area contributed by atoms with Gasteiger partial charge in [-0.15, -0.1) is 0 Å². The molecule has 0 aromatic heterocycles. The van der Waals surface area contributed by atoms with Gasteiger partial charge in [0.15, 0.2) is 0 Å². The highest BCUT2D eigenvalue weighted by Crippen LogP contribution is 3.35. The minimum Gasteiger partial charge on any atom is -0.0616 e. The van der Waals surface area contributed by atoms with Gasteiger partial charge in [0.25, 0.3) is 0 Å². The Balaban J connectivity index is 1.58. The lowest BCUT2D eigenvalue weighted by Gasteiger charge is -3.13. The largest absolute Gasteiger partial charge is 0.0616 e. The van der Waals surface area contributed by atoms with Gasteiger partial charge in [-0.1, -0.05) is 96.9 Å². The zero-order valence-electron chi connectivity index (χ0n) is 22.8. The maximum absolute atomic E-state index is 2.90. The van der Waals surface area contributed by atoms with Crippen LogP contribution in [0.15, 0.2) is 0 Å². The van der Waals surface area contributed by atoms with E-state index >= 15 is 0 Å². The predicted octanol–water partition coefficient (Wildman–Crippen LogP) is 7.68. The maximum Gasteiger partial charge on any atom is -0.00263 e. The van der Waals surface area contributed by atoms with Crippen LogP contribution in [-0.4, -0.2) is 0 Å². The van der Waals surface area contributed by atoms with E-state index in [0.29, 0.717) is 70.4 Å². The van der Waals surface area contributed by atoms with Crippen LogP contribution in [0.1, 0.15) is 96.9 Å². The Bertz CT molecular complexity index is 1160. The lowest BCUT2D eigenvalue weighted by Crippen LogP contribution is -3.11. The van der Waals surface area contributed by atoms with Crippen LogP contribution in [0.25, 0.3) is 0 Å². The molecule has 14 atom stereocenters. The van der Waals surface area contributed by atoms with Crippen LogP contribution in [-0.2, 0) is 0 Å². The number of hydrogen-bond donors (Lipinski definition) is 0. The van der Waals surface area contributed by atoms with E-state index in [9.17, 15) is 0 Å². The van der Waals surface area contributed by atoms with E-state index in [1.165, 1.54) is 0 Å². The molecule has 0 heterocycles. The molecule has 31 heavy (non-hydrogen) atoms. The van der Waals surface area contributed by atoms with Crippen molar-refractivity contribution in [1.29, 1.82) is 0 Å². The van der Waals surface area contributed by atoms with Gasteiger partial charge in [-0.05, 0) is 94.1 Å². The summed E-state index contributed by atoms with van der Waals surface area (Å²) in [6.45, 7) is 39.2. The van der Waals surface area contributed by atoms with Gasteiger partial charge in [0, 0.05) is 0 Å². The van der Waals surface area contributed by atoms with Crippen molar-refractivity contribution in [3.63, 3.8) is 0 Å². The van der Waals surface area contributed by atoms with Gasteiger partial charge in [-0.2, -0.15) is 0 Å². The summed E-state index contributed by atoms with van der Waals surface area (Å²) in [4.78, 5) is 0. The van der Waals surface area contributed by atoms with Gasteiger partial charge in [0.1, 0.15) is 0 Å². The van der Waals surface area contributed by atoms with Crippen LogP contribution in [0.5, 0.6) is 0 Å². The maximum atomic E-state index is 2.90. The van der Waals surface area contributed by atoms with Gasteiger partial charge < -0.3 is 0 Å². The molecule has 9 rings (SSSR count). The Morgan fingerprint density at radius 2 is 0.903 bits per heavy atom. The fourth-order valence-electron chi connectivity index (χ4n) is 21.6. The molecular weight excluding hydrogens is 372 g/mol. The third-order valence-corrected chi connectivity index (χ3v) is 20.8. The normalized spacial score (nSPS) is 86.5. The second-order valence-corrected chi connectivity index (χ2v) is 17.5. The van der Waals surface area contributed by atoms with Crippen molar-refractivity contribution in [2.75, 3.05) is 0 Å². The Morgan fingerprint density at radius 1 is 0.387 bits per heavy atom. The second kappa shape index (κ2) is 3.11. The summed E-state index contributed by atoms with van der Waals surface area (Å²) in [7, 11) is 0. The summed E-state index contributed by atoms with van der Waals surface area (Å²) in [5.41, 5.74) is 6.52. The van der Waals surface area contributed by atoms with Crippen molar-refractivity contribution in [2.45, 2.75) is 96.9 Å². The molecule has 9 aliphatic rings. The first kappa shape index (κ1) is 18.3. The van der Waals surface area contributed by atoms with Crippen molar-refractivity contribution in [3.8, 4) is 0 Å². The third-order valence-electron chi connectivity index (χ3n) is 20.8. The molecule has 0 amide bonds. The molecule has 9 aliphatic carbocycles. The minimum atomic E-state index is 0.404. The highest BCUT2D eigenvalue weighted by atomic mass is 15.4. The summed E-state index contributed by atoms with van der Waals surface area (Å²) in [5, 5.41) is 0. The van der Waals surface area contributed by atoms with Crippen LogP contribution in [0.4, 0.5) is 0 Å². The molecule has 0 aromatic carbocycles. The molecule has 0 radical (unpaired) electrons. The fraction of sp³-hybridized carbons (Fsp3) is 1.00. The Hall–Kier alpha value is 0. The van der Waals surface area contributed by atoms with Gasteiger partial charge in [0.2, 0.25) is 0 Å². The zero-order chi connectivity index (χ0) is 22.8. The smallest absolute Gasteiger partial charge is 0.00263 e. The molecule has 0 N–H and O–H groups in total. The predicted molar refractivity (Wildman–Crippen MR) is 125 cm³/mol. The van der Waals surface area contributed by atoms with E-state index in [4.69, 9.17) is 0 Å². The first-order valence-corrected chi connectivity index (χ1v) is 13.8. The Labute approximate surface area is 191 Å². The van der Waals surface area contributed by atoms with Crippen molar-refractivity contribution >= 4 is 0 Å². The molecule has 14 unspecified atom stereocenters. The number of rotatable bonds is 0. The summed E-state index contributed by atoms with van der Waals surface area (Å²) in [6.07, 6.45) is 0. The van der Waals surface area contributed by atoms with Crippen molar-refractivity contribution < 1.29 is 0 Å². The van der Waals surface area contributed by atoms with Crippen LogP contribution in [0.2, 0.25) is 0 Å². The van der Waals surface area contributed by atoms with Crippen molar-refractivity contribution in [1.82, 2.24) is 0 Å². The van der Waals surface area contributed by atoms with E-state index in [1.54, 1.807) is 0 Å². The molecule has 4 spiro atoms. The molecule has 0 aliphatic heterocycles. The summed E-state index contributed by atoms with van der Waals surface area (Å²) >= 11 is 0. The molecule has 9 saturated carbocycles. The number of hydrogen-bond acceptors (Lipinski definition) is 0. The van der Waals surface area contributed by atoms with Gasteiger partial charge in [0.05, 0.1) is 0 Å². The lowest BCUT2D eigenvalue weighted by molar-refractivity contribution is -0.677. The lowest BCUT2D eigenvalue weighted by atomic mass is 8.90. The second-order valence-electron chi connectivity index (χ2n) is 17.5. The SMILES string of the molecule is CC1C2C3C(C)C45C6(C)C(C)(C)C4(C)C4(C)C7(C)C(C)(C)C1(C)C21C7(C)C45C31C6(C)C. The molecule has 9 fully saturated rings. The van der Waals surface area contributed by atoms with Crippen molar-refractivity contribution in [2.24, 2.45) is 94.1 Å². The van der Waals surface area contributed by atoms with E-state index in [2.05, 4.69) is 96.9 Å². The Kier molecular flexibility index (Phi) is 1.84. The van der Waals surface area contributed by atoms with E-state index in [1.807, 2.05) is 0 Å². The third kappa shape index (κ3) is 0.600. The van der Waals surface area contributed by atoms with Gasteiger partial charge in [-0.25, -0.2) is 0 Å². The van der Waals surface area contributed by atoms with E-state index < -0.39 is 0 Å². The molecule has 2 bridgehead atoms. The van der Waals surface area contributed by atoms with Gasteiger partial charge in [-0.3, -0.25) is 0 Å². The van der Waals surface area contributed by atoms with Crippen LogP contribution < -0.4 is 0 Å². The summed E-state index contributed by atoms with van der Waals surface area (Å²) < 4.78 is 0. The average Bonchev–Trinajstić information content (AvgIpc) is 2.91. The topological polar surface area (TPSA) is 0 Å².